The summed E-state index contributed by atoms with van der Waals surface area (Å²) in [6.07, 6.45) is 2.18. The average molecular weight is 340 g/mol. The van der Waals surface area contributed by atoms with Crippen molar-refractivity contribution in [2.24, 2.45) is 0 Å². The Morgan fingerprint density at radius 3 is 2.43 bits per heavy atom. The second-order valence-electron chi connectivity index (χ2n) is 4.08. The molecule has 118 valence electrons. The average Bonchev–Trinajstić information content (AvgIpc) is 2.35. The van der Waals surface area contributed by atoms with Gasteiger partial charge in [-0.05, 0) is 42.4 Å². The van der Waals surface area contributed by atoms with Crippen LogP contribution < -0.4 is 10.6 Å². The summed E-state index contributed by atoms with van der Waals surface area (Å²) in [5, 5.41) is 5.07. The topological polar surface area (TPSA) is 58.2 Å². The summed E-state index contributed by atoms with van der Waals surface area (Å²) < 4.78 is 47.2. The molecule has 0 radical (unpaired) electrons. The number of urea groups is 1. The Labute approximate surface area is 127 Å². The quantitative estimate of drug-likeness (QED) is 0.618. The number of amides is 2. The molecular formula is C12H15F3N2O2S2. The van der Waals surface area contributed by atoms with E-state index in [1.54, 1.807) is 6.26 Å². The summed E-state index contributed by atoms with van der Waals surface area (Å²) in [6, 6.07) is 4.92. The molecule has 2 N–H and O–H groups in total. The van der Waals surface area contributed by atoms with Gasteiger partial charge in [0, 0.05) is 39.9 Å². The van der Waals surface area contributed by atoms with Crippen molar-refractivity contribution in [1.82, 2.24) is 5.32 Å². The molecular weight excluding hydrogens is 325 g/mol. The Kier molecular flexibility index (Phi) is 7.03. The van der Waals surface area contributed by atoms with Gasteiger partial charge >= 0.3 is 11.5 Å². The number of hydrogen-bond donors (Lipinski definition) is 2. The number of carbonyl (C=O) groups is 1. The van der Waals surface area contributed by atoms with Crippen molar-refractivity contribution in [3.05, 3.63) is 24.3 Å². The summed E-state index contributed by atoms with van der Waals surface area (Å²) in [6.45, 7) is 0.382. The molecule has 0 heterocycles. The molecule has 21 heavy (non-hydrogen) atoms. The zero-order valence-corrected chi connectivity index (χ0v) is 12.8. The highest BCUT2D eigenvalue weighted by Gasteiger charge is 2.28. The van der Waals surface area contributed by atoms with Gasteiger partial charge in [0.15, 0.2) is 0 Å². The first-order valence-electron chi connectivity index (χ1n) is 5.97. The van der Waals surface area contributed by atoms with Gasteiger partial charge in [-0.3, -0.25) is 4.21 Å². The molecule has 1 rings (SSSR count). The van der Waals surface area contributed by atoms with Crippen molar-refractivity contribution in [2.45, 2.75) is 16.8 Å². The number of anilines is 1. The summed E-state index contributed by atoms with van der Waals surface area (Å²) >= 11 is -0.209. The second-order valence-corrected chi connectivity index (χ2v) is 6.78. The smallest absolute Gasteiger partial charge is 0.338 e. The highest BCUT2D eigenvalue weighted by Crippen LogP contribution is 2.36. The van der Waals surface area contributed by atoms with Crippen molar-refractivity contribution in [1.29, 1.82) is 0 Å². The highest BCUT2D eigenvalue weighted by molar-refractivity contribution is 8.00. The lowest BCUT2D eigenvalue weighted by molar-refractivity contribution is -0.0328. The van der Waals surface area contributed by atoms with Crippen LogP contribution in [0.15, 0.2) is 29.2 Å². The zero-order chi connectivity index (χ0) is 15.9. The van der Waals surface area contributed by atoms with Gasteiger partial charge < -0.3 is 10.6 Å². The van der Waals surface area contributed by atoms with E-state index in [-0.39, 0.29) is 16.7 Å². The molecule has 0 aliphatic carbocycles. The number of rotatable bonds is 6. The highest BCUT2D eigenvalue weighted by atomic mass is 32.2. The van der Waals surface area contributed by atoms with Crippen LogP contribution in [0.5, 0.6) is 0 Å². The van der Waals surface area contributed by atoms with Gasteiger partial charge in [-0.1, -0.05) is 0 Å². The largest absolute Gasteiger partial charge is 0.446 e. The maximum atomic E-state index is 12.1. The van der Waals surface area contributed by atoms with Crippen molar-refractivity contribution in [2.75, 3.05) is 23.9 Å². The van der Waals surface area contributed by atoms with Gasteiger partial charge in [0.1, 0.15) is 0 Å². The van der Waals surface area contributed by atoms with Crippen LogP contribution in [0.1, 0.15) is 6.42 Å². The van der Waals surface area contributed by atoms with E-state index in [0.717, 1.165) is 0 Å². The molecule has 1 aromatic rings. The third-order valence-corrected chi connectivity index (χ3v) is 3.84. The lowest BCUT2D eigenvalue weighted by Gasteiger charge is -2.09. The summed E-state index contributed by atoms with van der Waals surface area (Å²) in [7, 11) is -0.895. The molecule has 2 amide bonds. The molecule has 0 fully saturated rings. The Bertz CT molecular complexity index is 492. The van der Waals surface area contributed by atoms with E-state index in [9.17, 15) is 22.2 Å². The van der Waals surface area contributed by atoms with Crippen LogP contribution in [0.4, 0.5) is 23.7 Å². The third kappa shape index (κ3) is 8.61. The Morgan fingerprint density at radius 1 is 1.29 bits per heavy atom. The van der Waals surface area contributed by atoms with Crippen LogP contribution in [0.25, 0.3) is 0 Å². The van der Waals surface area contributed by atoms with Crippen LogP contribution in [0.3, 0.4) is 0 Å². The minimum atomic E-state index is -4.33. The molecule has 1 aromatic carbocycles. The summed E-state index contributed by atoms with van der Waals surface area (Å²) in [5.41, 5.74) is -3.93. The molecule has 0 aliphatic rings. The summed E-state index contributed by atoms with van der Waals surface area (Å²) in [5.74, 6) is 0.504. The number of benzene rings is 1. The van der Waals surface area contributed by atoms with Crippen molar-refractivity contribution in [3.8, 4) is 0 Å². The lowest BCUT2D eigenvalue weighted by atomic mass is 10.3. The van der Waals surface area contributed by atoms with Crippen LogP contribution >= 0.6 is 11.8 Å². The van der Waals surface area contributed by atoms with E-state index in [2.05, 4.69) is 10.6 Å². The fraction of sp³-hybridized carbons (Fsp3) is 0.417. The van der Waals surface area contributed by atoms with E-state index < -0.39 is 22.3 Å². The third-order valence-electron chi connectivity index (χ3n) is 2.24. The van der Waals surface area contributed by atoms with Crippen molar-refractivity contribution < 1.29 is 22.2 Å². The molecule has 0 saturated carbocycles. The van der Waals surface area contributed by atoms with Crippen molar-refractivity contribution in [3.63, 3.8) is 0 Å². The minimum absolute atomic E-state index is 0.0545. The SMILES string of the molecule is CS(=O)CCCNC(=O)Nc1ccc(SC(F)(F)F)cc1. The molecule has 4 nitrogen and oxygen atoms in total. The maximum absolute atomic E-state index is 12.1. The second kappa shape index (κ2) is 8.28. The fourth-order valence-electron chi connectivity index (χ4n) is 1.39. The predicted molar refractivity (Wildman–Crippen MR) is 78.9 cm³/mol. The molecule has 0 saturated heterocycles. The van der Waals surface area contributed by atoms with Crippen LogP contribution in [0.2, 0.25) is 0 Å². The first kappa shape index (κ1) is 17.8. The standard InChI is InChI=1S/C12H15F3N2O2S2/c1-21(19)8-2-7-16-11(18)17-9-3-5-10(6-4-9)20-12(13,14)15/h3-6H,2,7-8H2,1H3,(H2,16,17,18). The molecule has 0 aliphatic heterocycles. The minimum Gasteiger partial charge on any atom is -0.338 e. The Morgan fingerprint density at radius 2 is 1.90 bits per heavy atom. The maximum Gasteiger partial charge on any atom is 0.446 e. The van der Waals surface area contributed by atoms with Gasteiger partial charge in [0.25, 0.3) is 0 Å². The lowest BCUT2D eigenvalue weighted by Crippen LogP contribution is -2.30. The van der Waals surface area contributed by atoms with Gasteiger partial charge in [-0.15, -0.1) is 0 Å². The molecule has 9 heteroatoms. The van der Waals surface area contributed by atoms with Gasteiger partial charge in [0.2, 0.25) is 0 Å². The Balaban J connectivity index is 2.37. The molecule has 0 aromatic heterocycles. The van der Waals surface area contributed by atoms with Crippen LogP contribution in [-0.4, -0.2) is 34.3 Å². The van der Waals surface area contributed by atoms with Gasteiger partial charge in [-0.25, -0.2) is 4.79 Å². The van der Waals surface area contributed by atoms with Gasteiger partial charge in [-0.2, -0.15) is 13.2 Å². The van der Waals surface area contributed by atoms with E-state index >= 15 is 0 Å². The number of carbonyl (C=O) groups excluding carboxylic acids is 1. The van der Waals surface area contributed by atoms with E-state index in [1.807, 2.05) is 0 Å². The molecule has 0 spiro atoms. The number of thioether (sulfide) groups is 1. The van der Waals surface area contributed by atoms with E-state index in [4.69, 9.17) is 0 Å². The predicted octanol–water partition coefficient (Wildman–Crippen LogP) is 3.19. The Hall–Kier alpha value is -1.22. The van der Waals surface area contributed by atoms with E-state index in [0.29, 0.717) is 24.4 Å². The van der Waals surface area contributed by atoms with Crippen LogP contribution in [0, 0.1) is 0 Å². The normalized spacial score (nSPS) is 12.8. The molecule has 0 bridgehead atoms. The monoisotopic (exact) mass is 340 g/mol. The van der Waals surface area contributed by atoms with Crippen molar-refractivity contribution >= 4 is 34.3 Å². The fourth-order valence-corrected chi connectivity index (χ4v) is 2.48. The first-order chi connectivity index (χ1) is 9.76. The zero-order valence-electron chi connectivity index (χ0n) is 11.2. The number of nitrogens with one attached hydrogen (secondary N) is 2. The number of halogens is 3. The number of alkyl halides is 3. The number of hydrogen-bond acceptors (Lipinski definition) is 3. The van der Waals surface area contributed by atoms with Gasteiger partial charge in [0.05, 0.1) is 0 Å². The molecule has 1 atom stereocenters. The molecule has 1 unspecified atom stereocenters. The first-order valence-corrected chi connectivity index (χ1v) is 8.51. The van der Waals surface area contributed by atoms with Crippen LogP contribution in [-0.2, 0) is 10.8 Å². The van der Waals surface area contributed by atoms with E-state index in [1.165, 1.54) is 24.3 Å². The summed E-state index contributed by atoms with van der Waals surface area (Å²) in [4.78, 5) is 11.5.